The molecular weight excluding hydrogens is 256 g/mol. The van der Waals surface area contributed by atoms with Crippen molar-refractivity contribution in [3.8, 4) is 11.5 Å². The van der Waals surface area contributed by atoms with Crippen molar-refractivity contribution in [2.45, 2.75) is 39.5 Å². The standard InChI is InChI=1S/C12H17BrO2/c1-3-5-8-7-10(14)12(15)11(13)9(8)6-4-2/h7,14-15H,3-6H2,1-2H3. The topological polar surface area (TPSA) is 40.5 Å². The van der Waals surface area contributed by atoms with Crippen LogP contribution in [0.3, 0.4) is 0 Å². The average Bonchev–Trinajstić information content (AvgIpc) is 2.21. The summed E-state index contributed by atoms with van der Waals surface area (Å²) in [5.74, 6) is -0.0801. The van der Waals surface area contributed by atoms with E-state index >= 15 is 0 Å². The fraction of sp³-hybridized carbons (Fsp3) is 0.500. The molecule has 2 nitrogen and oxygen atoms in total. The van der Waals surface area contributed by atoms with Crippen LogP contribution in [0.25, 0.3) is 0 Å². The monoisotopic (exact) mass is 272 g/mol. The lowest BCUT2D eigenvalue weighted by molar-refractivity contribution is 0.400. The number of halogens is 1. The van der Waals surface area contributed by atoms with Gasteiger partial charge in [0.1, 0.15) is 0 Å². The Bertz CT molecular complexity index is 348. The first kappa shape index (κ1) is 12.4. The number of hydrogen-bond donors (Lipinski definition) is 2. The number of aryl methyl sites for hydroxylation is 1. The summed E-state index contributed by atoms with van der Waals surface area (Å²) in [5, 5.41) is 19.1. The maximum Gasteiger partial charge on any atom is 0.172 e. The quantitative estimate of drug-likeness (QED) is 0.820. The summed E-state index contributed by atoms with van der Waals surface area (Å²) in [5.41, 5.74) is 2.25. The molecule has 0 unspecified atom stereocenters. The molecule has 0 fully saturated rings. The van der Waals surface area contributed by atoms with E-state index in [0.717, 1.165) is 36.8 Å². The third kappa shape index (κ3) is 2.65. The minimum atomic E-state index is -0.0432. The van der Waals surface area contributed by atoms with Crippen molar-refractivity contribution < 1.29 is 10.2 Å². The van der Waals surface area contributed by atoms with Crippen molar-refractivity contribution >= 4 is 15.9 Å². The largest absolute Gasteiger partial charge is 0.504 e. The third-order valence-corrected chi connectivity index (χ3v) is 3.29. The highest BCUT2D eigenvalue weighted by Gasteiger charge is 2.14. The summed E-state index contributed by atoms with van der Waals surface area (Å²) < 4.78 is 0.646. The van der Waals surface area contributed by atoms with Crippen LogP contribution in [0, 0.1) is 0 Å². The SMILES string of the molecule is CCCc1cc(O)c(O)c(Br)c1CCC. The molecule has 0 heterocycles. The van der Waals surface area contributed by atoms with Crippen LogP contribution in [0.2, 0.25) is 0 Å². The minimum Gasteiger partial charge on any atom is -0.504 e. The van der Waals surface area contributed by atoms with Gasteiger partial charge in [0, 0.05) is 0 Å². The maximum absolute atomic E-state index is 9.61. The molecule has 0 atom stereocenters. The Labute approximate surface area is 99.1 Å². The summed E-state index contributed by atoms with van der Waals surface area (Å²) in [6, 6.07) is 1.68. The Morgan fingerprint density at radius 1 is 1.13 bits per heavy atom. The van der Waals surface area contributed by atoms with E-state index in [4.69, 9.17) is 0 Å². The highest BCUT2D eigenvalue weighted by Crippen LogP contribution is 2.39. The van der Waals surface area contributed by atoms with Crippen LogP contribution < -0.4 is 0 Å². The van der Waals surface area contributed by atoms with Gasteiger partial charge in [0.15, 0.2) is 11.5 Å². The maximum atomic E-state index is 9.61. The van der Waals surface area contributed by atoms with Gasteiger partial charge in [-0.2, -0.15) is 0 Å². The lowest BCUT2D eigenvalue weighted by atomic mass is 9.99. The van der Waals surface area contributed by atoms with E-state index in [2.05, 4.69) is 29.8 Å². The molecule has 0 aliphatic rings. The van der Waals surface area contributed by atoms with Crippen molar-refractivity contribution in [2.75, 3.05) is 0 Å². The molecule has 15 heavy (non-hydrogen) atoms. The van der Waals surface area contributed by atoms with Gasteiger partial charge in [-0.25, -0.2) is 0 Å². The molecule has 3 heteroatoms. The molecule has 0 bridgehead atoms. The van der Waals surface area contributed by atoms with Gasteiger partial charge in [-0.1, -0.05) is 26.7 Å². The van der Waals surface area contributed by atoms with Crippen LogP contribution in [-0.4, -0.2) is 10.2 Å². The smallest absolute Gasteiger partial charge is 0.172 e. The zero-order chi connectivity index (χ0) is 11.4. The second-order valence-corrected chi connectivity index (χ2v) is 4.49. The highest BCUT2D eigenvalue weighted by atomic mass is 79.9. The van der Waals surface area contributed by atoms with E-state index in [1.807, 2.05) is 0 Å². The first-order chi connectivity index (χ1) is 7.11. The number of phenolic OH excluding ortho intramolecular Hbond substituents is 2. The zero-order valence-electron chi connectivity index (χ0n) is 9.18. The lowest BCUT2D eigenvalue weighted by Crippen LogP contribution is -1.96. The molecule has 0 aliphatic heterocycles. The summed E-state index contributed by atoms with van der Waals surface area (Å²) in [6.45, 7) is 4.21. The second-order valence-electron chi connectivity index (χ2n) is 3.70. The number of benzene rings is 1. The Kier molecular flexibility index (Phi) is 4.45. The van der Waals surface area contributed by atoms with Crippen LogP contribution >= 0.6 is 15.9 Å². The second kappa shape index (κ2) is 5.40. The summed E-state index contributed by atoms with van der Waals surface area (Å²) in [4.78, 5) is 0. The van der Waals surface area contributed by atoms with E-state index in [1.54, 1.807) is 6.07 Å². The fourth-order valence-corrected chi connectivity index (χ4v) is 2.39. The van der Waals surface area contributed by atoms with E-state index in [-0.39, 0.29) is 11.5 Å². The number of aromatic hydroxyl groups is 2. The Hall–Kier alpha value is -0.700. The minimum absolute atomic E-state index is 0.0369. The molecule has 0 saturated carbocycles. The van der Waals surface area contributed by atoms with Gasteiger partial charge in [0.05, 0.1) is 4.47 Å². The number of rotatable bonds is 4. The van der Waals surface area contributed by atoms with E-state index < -0.39 is 0 Å². The summed E-state index contributed by atoms with van der Waals surface area (Å²) in [6.07, 6.45) is 3.92. The van der Waals surface area contributed by atoms with Crippen molar-refractivity contribution in [3.63, 3.8) is 0 Å². The van der Waals surface area contributed by atoms with Crippen molar-refractivity contribution in [1.29, 1.82) is 0 Å². The normalized spacial score (nSPS) is 10.6. The van der Waals surface area contributed by atoms with Gasteiger partial charge in [-0.3, -0.25) is 0 Å². The van der Waals surface area contributed by atoms with Gasteiger partial charge in [0.2, 0.25) is 0 Å². The Balaban J connectivity index is 3.23. The first-order valence-corrected chi connectivity index (χ1v) is 6.13. The predicted octanol–water partition coefficient (Wildman–Crippen LogP) is 3.77. The molecule has 1 aromatic rings. The molecule has 0 saturated heterocycles. The Morgan fingerprint density at radius 2 is 1.73 bits per heavy atom. The van der Waals surface area contributed by atoms with Gasteiger partial charge in [-0.15, -0.1) is 0 Å². The van der Waals surface area contributed by atoms with Gasteiger partial charge in [0.25, 0.3) is 0 Å². The van der Waals surface area contributed by atoms with E-state index in [1.165, 1.54) is 0 Å². The average molecular weight is 273 g/mol. The van der Waals surface area contributed by atoms with Crippen LogP contribution in [0.5, 0.6) is 11.5 Å². The van der Waals surface area contributed by atoms with Gasteiger partial charge in [-0.05, 0) is 46.0 Å². The van der Waals surface area contributed by atoms with Crippen molar-refractivity contribution in [2.24, 2.45) is 0 Å². The molecule has 84 valence electrons. The molecule has 1 aromatic carbocycles. The Morgan fingerprint density at radius 3 is 2.27 bits per heavy atom. The molecule has 0 aliphatic carbocycles. The van der Waals surface area contributed by atoms with Gasteiger partial charge < -0.3 is 10.2 Å². The molecule has 1 rings (SSSR count). The highest BCUT2D eigenvalue weighted by molar-refractivity contribution is 9.10. The molecule has 0 radical (unpaired) electrons. The fourth-order valence-electron chi connectivity index (χ4n) is 1.73. The molecular formula is C12H17BrO2. The van der Waals surface area contributed by atoms with Crippen LogP contribution in [0.4, 0.5) is 0 Å². The summed E-state index contributed by atoms with van der Waals surface area (Å²) in [7, 11) is 0. The number of hydrogen-bond acceptors (Lipinski definition) is 2. The predicted molar refractivity (Wildman–Crippen MR) is 65.5 cm³/mol. The lowest BCUT2D eigenvalue weighted by Gasteiger charge is -2.13. The zero-order valence-corrected chi connectivity index (χ0v) is 10.8. The van der Waals surface area contributed by atoms with Crippen LogP contribution in [-0.2, 0) is 12.8 Å². The van der Waals surface area contributed by atoms with E-state index in [0.29, 0.717) is 4.47 Å². The van der Waals surface area contributed by atoms with Gasteiger partial charge >= 0.3 is 0 Å². The van der Waals surface area contributed by atoms with Crippen molar-refractivity contribution in [3.05, 3.63) is 21.7 Å². The molecule has 0 amide bonds. The molecule has 0 spiro atoms. The van der Waals surface area contributed by atoms with Crippen molar-refractivity contribution in [1.82, 2.24) is 0 Å². The first-order valence-electron chi connectivity index (χ1n) is 5.33. The number of phenols is 2. The molecule has 0 aromatic heterocycles. The van der Waals surface area contributed by atoms with E-state index in [9.17, 15) is 10.2 Å². The summed E-state index contributed by atoms with van der Waals surface area (Å²) >= 11 is 3.34. The van der Waals surface area contributed by atoms with Crippen LogP contribution in [0.15, 0.2) is 10.5 Å². The van der Waals surface area contributed by atoms with Crippen LogP contribution in [0.1, 0.15) is 37.8 Å². The third-order valence-electron chi connectivity index (χ3n) is 2.43. The molecule has 2 N–H and O–H groups in total.